The minimum Gasteiger partial charge on any atom is -0.438 e. The normalized spacial score (nSPS) is 16.2. The van der Waals surface area contributed by atoms with Gasteiger partial charge in [-0.25, -0.2) is 4.98 Å². The number of hydrogen-bond donors (Lipinski definition) is 1. The molecule has 0 fully saturated rings. The maximum atomic E-state index is 9.66. The second-order valence-electron chi connectivity index (χ2n) is 6.11. The summed E-state index contributed by atoms with van der Waals surface area (Å²) in [6.45, 7) is 1.91. The molecule has 4 rings (SSSR count). The third-order valence-corrected chi connectivity index (χ3v) is 5.20. The van der Waals surface area contributed by atoms with E-state index in [9.17, 15) is 5.26 Å². The number of ether oxygens (including phenoxy) is 1. The molecular weight excluding hydrogens is 369 g/mol. The largest absolute Gasteiger partial charge is 0.438 e. The molecule has 1 atom stereocenters. The molecule has 0 spiro atoms. The molecule has 1 unspecified atom stereocenters. The highest BCUT2D eigenvalue weighted by Gasteiger charge is 2.32. The first-order valence-electron chi connectivity index (χ1n) is 7.92. The Morgan fingerprint density at radius 2 is 1.88 bits per heavy atom. The molecule has 1 aliphatic heterocycles. The first-order valence-corrected chi connectivity index (χ1v) is 8.68. The summed E-state index contributed by atoms with van der Waals surface area (Å²) >= 11 is 12.2. The van der Waals surface area contributed by atoms with Gasteiger partial charge in [0.15, 0.2) is 5.75 Å². The van der Waals surface area contributed by atoms with Crippen LogP contribution in [0, 0.1) is 18.3 Å². The van der Waals surface area contributed by atoms with Crippen LogP contribution in [-0.4, -0.2) is 4.98 Å². The number of pyridine rings is 1. The number of nitrogens with zero attached hydrogens (tertiary/aromatic N) is 2. The Morgan fingerprint density at radius 1 is 1.12 bits per heavy atom. The van der Waals surface area contributed by atoms with E-state index in [-0.39, 0.29) is 5.88 Å². The summed E-state index contributed by atoms with van der Waals surface area (Å²) in [4.78, 5) is 4.60. The zero-order valence-corrected chi connectivity index (χ0v) is 15.3. The Hall–Kier alpha value is -2.74. The number of hydrogen-bond acceptors (Lipinski definition) is 4. The van der Waals surface area contributed by atoms with Crippen LogP contribution in [0.15, 0.2) is 53.9 Å². The SMILES string of the molecule is Cc1ccc2ccc3c(c2n1)OC(N)=C(C#N)C3c1ccc(Cl)c(Cl)c1. The average molecular weight is 382 g/mol. The van der Waals surface area contributed by atoms with Crippen molar-refractivity contribution < 1.29 is 4.74 Å². The highest BCUT2D eigenvalue weighted by molar-refractivity contribution is 6.42. The summed E-state index contributed by atoms with van der Waals surface area (Å²) in [6, 6.07) is 15.3. The van der Waals surface area contributed by atoms with E-state index in [2.05, 4.69) is 11.1 Å². The minimum absolute atomic E-state index is 0.0758. The molecule has 0 saturated carbocycles. The van der Waals surface area contributed by atoms with Gasteiger partial charge in [0.1, 0.15) is 17.2 Å². The highest BCUT2D eigenvalue weighted by atomic mass is 35.5. The van der Waals surface area contributed by atoms with Gasteiger partial charge in [0, 0.05) is 16.6 Å². The van der Waals surface area contributed by atoms with E-state index in [1.807, 2.05) is 37.3 Å². The lowest BCUT2D eigenvalue weighted by Crippen LogP contribution is -2.21. The summed E-state index contributed by atoms with van der Waals surface area (Å²) in [5.41, 5.74) is 9.63. The van der Waals surface area contributed by atoms with Crippen LogP contribution < -0.4 is 10.5 Å². The average Bonchev–Trinajstić information content (AvgIpc) is 2.63. The molecule has 0 amide bonds. The Labute approximate surface area is 160 Å². The summed E-state index contributed by atoms with van der Waals surface area (Å²) in [5, 5.41) is 11.5. The van der Waals surface area contributed by atoms with Crippen molar-refractivity contribution in [3.8, 4) is 11.8 Å². The van der Waals surface area contributed by atoms with Gasteiger partial charge in [-0.2, -0.15) is 5.26 Å². The molecule has 2 aromatic carbocycles. The van der Waals surface area contributed by atoms with Crippen LogP contribution in [0.2, 0.25) is 10.0 Å². The van der Waals surface area contributed by atoms with Gasteiger partial charge in [0.05, 0.1) is 16.0 Å². The lowest BCUT2D eigenvalue weighted by molar-refractivity contribution is 0.397. The summed E-state index contributed by atoms with van der Waals surface area (Å²) < 4.78 is 5.82. The van der Waals surface area contributed by atoms with Crippen molar-refractivity contribution in [1.82, 2.24) is 4.98 Å². The van der Waals surface area contributed by atoms with Crippen LogP contribution in [0.3, 0.4) is 0 Å². The molecule has 2 heterocycles. The predicted molar refractivity (Wildman–Crippen MR) is 102 cm³/mol. The lowest BCUT2D eigenvalue weighted by atomic mass is 9.83. The molecule has 6 heteroatoms. The maximum Gasteiger partial charge on any atom is 0.205 e. The molecule has 1 aliphatic rings. The van der Waals surface area contributed by atoms with E-state index in [0.717, 1.165) is 22.2 Å². The standard InChI is InChI=1S/C20H13Cl2N3O/c1-10-2-3-11-4-6-13-17(12-5-7-15(21)16(22)8-12)14(9-23)20(24)26-19(13)18(11)25-10/h2-8,17H,24H2,1H3. The molecule has 4 nitrogen and oxygen atoms in total. The monoisotopic (exact) mass is 381 g/mol. The second kappa shape index (κ2) is 6.21. The number of allylic oxidation sites excluding steroid dienone is 1. The van der Waals surface area contributed by atoms with Crippen LogP contribution in [0.1, 0.15) is 22.7 Å². The Morgan fingerprint density at radius 3 is 2.62 bits per heavy atom. The number of aryl methyl sites for hydroxylation is 1. The quantitative estimate of drug-likeness (QED) is 0.638. The fraction of sp³-hybridized carbons (Fsp3) is 0.100. The van der Waals surface area contributed by atoms with E-state index >= 15 is 0 Å². The zero-order valence-electron chi connectivity index (χ0n) is 13.8. The third kappa shape index (κ3) is 2.57. The fourth-order valence-corrected chi connectivity index (χ4v) is 3.54. The number of halogens is 2. The van der Waals surface area contributed by atoms with Crippen molar-refractivity contribution in [3.05, 3.63) is 80.8 Å². The highest BCUT2D eigenvalue weighted by Crippen LogP contribution is 2.45. The Balaban J connectivity index is 2.02. The molecule has 0 radical (unpaired) electrons. The topological polar surface area (TPSA) is 71.9 Å². The van der Waals surface area contributed by atoms with Gasteiger partial charge in [-0.05, 0) is 30.7 Å². The van der Waals surface area contributed by atoms with E-state index < -0.39 is 5.92 Å². The van der Waals surface area contributed by atoms with Crippen molar-refractivity contribution in [2.45, 2.75) is 12.8 Å². The van der Waals surface area contributed by atoms with Crippen LogP contribution in [0.4, 0.5) is 0 Å². The smallest absolute Gasteiger partial charge is 0.205 e. The Kier molecular flexibility index (Phi) is 3.99. The number of rotatable bonds is 1. The van der Waals surface area contributed by atoms with Gasteiger partial charge < -0.3 is 10.5 Å². The molecule has 0 aliphatic carbocycles. The summed E-state index contributed by atoms with van der Waals surface area (Å²) in [7, 11) is 0. The Bertz CT molecular complexity index is 1130. The van der Waals surface area contributed by atoms with Crippen LogP contribution in [0.25, 0.3) is 10.9 Å². The van der Waals surface area contributed by atoms with Crippen LogP contribution >= 0.6 is 23.2 Å². The van der Waals surface area contributed by atoms with Crippen molar-refractivity contribution in [1.29, 1.82) is 5.26 Å². The van der Waals surface area contributed by atoms with Crippen LogP contribution in [-0.2, 0) is 0 Å². The van der Waals surface area contributed by atoms with E-state index in [1.165, 1.54) is 0 Å². The zero-order chi connectivity index (χ0) is 18.4. The molecular formula is C20H13Cl2N3O. The van der Waals surface area contributed by atoms with E-state index in [4.69, 9.17) is 33.7 Å². The maximum absolute atomic E-state index is 9.66. The van der Waals surface area contributed by atoms with Gasteiger partial charge in [-0.15, -0.1) is 0 Å². The summed E-state index contributed by atoms with van der Waals surface area (Å²) in [5.74, 6) is 0.246. The first-order chi connectivity index (χ1) is 12.5. The number of benzene rings is 2. The number of fused-ring (bicyclic) bond motifs is 3. The molecule has 0 bridgehead atoms. The van der Waals surface area contributed by atoms with Crippen molar-refractivity contribution in [2.24, 2.45) is 5.73 Å². The molecule has 2 N–H and O–H groups in total. The third-order valence-electron chi connectivity index (χ3n) is 4.46. The van der Waals surface area contributed by atoms with Crippen molar-refractivity contribution in [3.63, 3.8) is 0 Å². The van der Waals surface area contributed by atoms with Gasteiger partial charge in [-0.3, -0.25) is 0 Å². The second-order valence-corrected chi connectivity index (χ2v) is 6.92. The van der Waals surface area contributed by atoms with Crippen molar-refractivity contribution in [2.75, 3.05) is 0 Å². The number of aromatic nitrogens is 1. The van der Waals surface area contributed by atoms with Crippen LogP contribution in [0.5, 0.6) is 5.75 Å². The van der Waals surface area contributed by atoms with E-state index in [1.54, 1.807) is 12.1 Å². The number of nitriles is 1. The van der Waals surface area contributed by atoms with Gasteiger partial charge >= 0.3 is 0 Å². The molecule has 26 heavy (non-hydrogen) atoms. The summed E-state index contributed by atoms with van der Waals surface area (Å²) in [6.07, 6.45) is 0. The van der Waals surface area contributed by atoms with Gasteiger partial charge in [-0.1, -0.05) is 47.5 Å². The molecule has 3 aromatic rings. The molecule has 1 aromatic heterocycles. The lowest BCUT2D eigenvalue weighted by Gasteiger charge is -2.27. The van der Waals surface area contributed by atoms with Gasteiger partial charge in [0.2, 0.25) is 5.88 Å². The molecule has 128 valence electrons. The van der Waals surface area contributed by atoms with Gasteiger partial charge in [0.25, 0.3) is 0 Å². The molecule has 0 saturated heterocycles. The predicted octanol–water partition coefficient (Wildman–Crippen LogP) is 5.07. The number of nitrogens with two attached hydrogens (primary N) is 1. The van der Waals surface area contributed by atoms with Crippen molar-refractivity contribution >= 4 is 34.1 Å². The van der Waals surface area contributed by atoms with E-state index in [0.29, 0.717) is 26.9 Å². The fourth-order valence-electron chi connectivity index (χ4n) is 3.23. The minimum atomic E-state index is -0.398. The first kappa shape index (κ1) is 16.7.